The maximum atomic E-state index is 12.5. The largest absolute Gasteiger partial charge is 0.328 e. The molecule has 0 saturated carbocycles. The molecular formula is C16H25ClN4O2S. The van der Waals surface area contributed by atoms with Crippen LogP contribution in [0, 0.1) is 0 Å². The van der Waals surface area contributed by atoms with Crippen LogP contribution >= 0.6 is 11.6 Å². The van der Waals surface area contributed by atoms with Crippen molar-refractivity contribution in [3.05, 3.63) is 23.2 Å². The molecule has 0 bridgehead atoms. The molecule has 6 nitrogen and oxygen atoms in total. The van der Waals surface area contributed by atoms with Crippen LogP contribution in [0.4, 0.5) is 0 Å². The first-order valence-electron chi connectivity index (χ1n) is 8.25. The lowest BCUT2D eigenvalue weighted by atomic mass is 10.2. The van der Waals surface area contributed by atoms with Gasteiger partial charge in [0.05, 0.1) is 11.0 Å². The van der Waals surface area contributed by atoms with Crippen LogP contribution in [-0.4, -0.2) is 49.0 Å². The fourth-order valence-electron chi connectivity index (χ4n) is 2.63. The highest BCUT2D eigenvalue weighted by Crippen LogP contribution is 2.19. The van der Waals surface area contributed by atoms with E-state index in [1.165, 1.54) is 0 Å². The molecule has 0 aliphatic carbocycles. The number of sulfonamides is 1. The first kappa shape index (κ1) is 19.2. The van der Waals surface area contributed by atoms with Crippen molar-refractivity contribution in [3.8, 4) is 0 Å². The minimum absolute atomic E-state index is 0.0737. The van der Waals surface area contributed by atoms with Gasteiger partial charge in [-0.15, -0.1) is 0 Å². The van der Waals surface area contributed by atoms with Crippen molar-refractivity contribution in [2.24, 2.45) is 0 Å². The molecule has 2 N–H and O–H groups in total. The molecule has 0 aliphatic heterocycles. The molecule has 0 radical (unpaired) electrons. The number of hydrogen-bond acceptors (Lipinski definition) is 4. The third-order valence-electron chi connectivity index (χ3n) is 4.04. The highest BCUT2D eigenvalue weighted by atomic mass is 35.5. The van der Waals surface area contributed by atoms with E-state index in [4.69, 9.17) is 11.6 Å². The van der Waals surface area contributed by atoms with Crippen LogP contribution in [0.2, 0.25) is 5.02 Å². The van der Waals surface area contributed by atoms with Crippen molar-refractivity contribution in [1.82, 2.24) is 19.6 Å². The topological polar surface area (TPSA) is 78.1 Å². The second-order valence-electron chi connectivity index (χ2n) is 5.89. The van der Waals surface area contributed by atoms with Crippen LogP contribution in [0.25, 0.3) is 11.0 Å². The molecule has 0 aliphatic rings. The van der Waals surface area contributed by atoms with Gasteiger partial charge in [-0.3, -0.25) is 0 Å². The van der Waals surface area contributed by atoms with Crippen LogP contribution < -0.4 is 4.72 Å². The molecule has 1 aromatic carbocycles. The SMILES string of the molecule is CCN(CC)CCC[C@@H](C)NS(=O)(=O)c1nc2ccc(Cl)cc2[nH]1. The van der Waals surface area contributed by atoms with E-state index in [0.29, 0.717) is 16.1 Å². The van der Waals surface area contributed by atoms with Gasteiger partial charge in [-0.25, -0.2) is 18.1 Å². The minimum Gasteiger partial charge on any atom is -0.328 e. The van der Waals surface area contributed by atoms with Gasteiger partial charge in [-0.1, -0.05) is 25.4 Å². The third-order valence-corrected chi connectivity index (χ3v) is 5.69. The van der Waals surface area contributed by atoms with E-state index in [2.05, 4.69) is 33.4 Å². The van der Waals surface area contributed by atoms with E-state index in [1.807, 2.05) is 6.92 Å². The Kier molecular flexibility index (Phi) is 6.62. The van der Waals surface area contributed by atoms with Crippen LogP contribution in [0.3, 0.4) is 0 Å². The first-order chi connectivity index (χ1) is 11.4. The summed E-state index contributed by atoms with van der Waals surface area (Å²) in [6, 6.07) is 4.89. The summed E-state index contributed by atoms with van der Waals surface area (Å²) >= 11 is 5.92. The molecule has 0 fully saturated rings. The Labute approximate surface area is 148 Å². The maximum absolute atomic E-state index is 12.5. The van der Waals surface area contributed by atoms with Gasteiger partial charge in [0.25, 0.3) is 10.0 Å². The van der Waals surface area contributed by atoms with Gasteiger partial charge < -0.3 is 9.88 Å². The lowest BCUT2D eigenvalue weighted by Gasteiger charge is -2.19. The quantitative estimate of drug-likeness (QED) is 0.709. The number of H-pyrrole nitrogens is 1. The zero-order chi connectivity index (χ0) is 17.7. The van der Waals surface area contributed by atoms with Gasteiger partial charge in [0.1, 0.15) is 0 Å². The second-order valence-corrected chi connectivity index (χ2v) is 7.96. The molecule has 8 heteroatoms. The van der Waals surface area contributed by atoms with Gasteiger partial charge in [-0.05, 0) is 57.6 Å². The van der Waals surface area contributed by atoms with Crippen LogP contribution in [0.15, 0.2) is 23.4 Å². The Balaban J connectivity index is 1.98. The molecule has 134 valence electrons. The molecule has 2 aromatic rings. The van der Waals surface area contributed by atoms with E-state index < -0.39 is 10.0 Å². The van der Waals surface area contributed by atoms with Gasteiger partial charge >= 0.3 is 0 Å². The molecule has 2 rings (SSSR count). The van der Waals surface area contributed by atoms with E-state index in [-0.39, 0.29) is 11.2 Å². The molecule has 24 heavy (non-hydrogen) atoms. The van der Waals surface area contributed by atoms with Crippen LogP contribution in [-0.2, 0) is 10.0 Å². The first-order valence-corrected chi connectivity index (χ1v) is 10.1. The smallest absolute Gasteiger partial charge is 0.274 e. The molecule has 1 heterocycles. The fraction of sp³-hybridized carbons (Fsp3) is 0.562. The normalized spacial score (nSPS) is 13.7. The number of hydrogen-bond donors (Lipinski definition) is 2. The standard InChI is InChI=1S/C16H25ClN4O2S/c1-4-21(5-2)10-6-7-12(3)20-24(22,23)16-18-14-9-8-13(17)11-15(14)19-16/h8-9,11-12,20H,4-7,10H2,1-3H3,(H,18,19)/t12-/m1/s1. The Morgan fingerprint density at radius 3 is 2.71 bits per heavy atom. The number of imidazole rings is 1. The van der Waals surface area contributed by atoms with Crippen molar-refractivity contribution < 1.29 is 8.42 Å². The fourth-order valence-corrected chi connectivity index (χ4v) is 4.02. The Bertz CT molecular complexity index is 771. The Morgan fingerprint density at radius 1 is 1.33 bits per heavy atom. The summed E-state index contributed by atoms with van der Waals surface area (Å²) in [5.41, 5.74) is 1.19. The molecule has 0 amide bonds. The molecule has 0 saturated heterocycles. The summed E-state index contributed by atoms with van der Waals surface area (Å²) in [5, 5.41) is 0.461. The van der Waals surface area contributed by atoms with Crippen LogP contribution in [0.1, 0.15) is 33.6 Å². The lowest BCUT2D eigenvalue weighted by molar-refractivity contribution is 0.293. The lowest BCUT2D eigenvalue weighted by Crippen LogP contribution is -2.34. The number of halogens is 1. The average molecular weight is 373 g/mol. The van der Waals surface area contributed by atoms with E-state index >= 15 is 0 Å². The summed E-state index contributed by atoms with van der Waals surface area (Å²) in [6.45, 7) is 9.13. The Hall–Kier alpha value is -1.15. The van der Waals surface area contributed by atoms with Crippen molar-refractivity contribution >= 4 is 32.7 Å². The summed E-state index contributed by atoms with van der Waals surface area (Å²) < 4.78 is 27.6. The second kappa shape index (κ2) is 8.29. The molecular weight excluding hydrogens is 348 g/mol. The average Bonchev–Trinajstić information content (AvgIpc) is 2.95. The van der Waals surface area contributed by atoms with Crippen molar-refractivity contribution in [1.29, 1.82) is 0 Å². The maximum Gasteiger partial charge on any atom is 0.274 e. The molecule has 0 unspecified atom stereocenters. The molecule has 0 spiro atoms. The zero-order valence-electron chi connectivity index (χ0n) is 14.3. The van der Waals surface area contributed by atoms with E-state index in [9.17, 15) is 8.42 Å². The van der Waals surface area contributed by atoms with Crippen molar-refractivity contribution in [2.75, 3.05) is 19.6 Å². The Morgan fingerprint density at radius 2 is 2.04 bits per heavy atom. The number of nitrogens with one attached hydrogen (secondary N) is 2. The number of aromatic nitrogens is 2. The van der Waals surface area contributed by atoms with E-state index in [0.717, 1.165) is 32.5 Å². The monoisotopic (exact) mass is 372 g/mol. The summed E-state index contributed by atoms with van der Waals surface area (Å²) in [4.78, 5) is 9.28. The molecule has 1 aromatic heterocycles. The number of rotatable bonds is 9. The summed E-state index contributed by atoms with van der Waals surface area (Å²) in [5.74, 6) is 0. The zero-order valence-corrected chi connectivity index (χ0v) is 15.9. The summed E-state index contributed by atoms with van der Waals surface area (Å²) in [6.07, 6.45) is 1.73. The molecule has 1 atom stereocenters. The number of nitrogens with zero attached hydrogens (tertiary/aromatic N) is 2. The van der Waals surface area contributed by atoms with E-state index in [1.54, 1.807) is 18.2 Å². The van der Waals surface area contributed by atoms with Gasteiger partial charge in [0.2, 0.25) is 5.16 Å². The number of benzene rings is 1. The summed E-state index contributed by atoms with van der Waals surface area (Å²) in [7, 11) is -3.67. The predicted molar refractivity (Wildman–Crippen MR) is 97.9 cm³/mol. The van der Waals surface area contributed by atoms with Crippen LogP contribution in [0.5, 0.6) is 0 Å². The van der Waals surface area contributed by atoms with Gasteiger partial charge in [-0.2, -0.15) is 0 Å². The number of fused-ring (bicyclic) bond motifs is 1. The number of aromatic amines is 1. The highest BCUT2D eigenvalue weighted by Gasteiger charge is 2.21. The van der Waals surface area contributed by atoms with Crippen molar-refractivity contribution in [2.45, 2.75) is 44.8 Å². The van der Waals surface area contributed by atoms with Crippen molar-refractivity contribution in [3.63, 3.8) is 0 Å². The highest BCUT2D eigenvalue weighted by molar-refractivity contribution is 7.89. The predicted octanol–water partition coefficient (Wildman–Crippen LogP) is 3.01. The van der Waals surface area contributed by atoms with Gasteiger partial charge in [0.15, 0.2) is 0 Å². The van der Waals surface area contributed by atoms with Gasteiger partial charge in [0, 0.05) is 11.1 Å². The minimum atomic E-state index is -3.67. The third kappa shape index (κ3) is 4.92.